The normalized spacial score (nSPS) is 22.4. The molecule has 1 aromatic rings. The van der Waals surface area contributed by atoms with E-state index < -0.39 is 5.41 Å². The van der Waals surface area contributed by atoms with E-state index in [0.29, 0.717) is 18.7 Å². The Morgan fingerprint density at radius 3 is 2.36 bits per heavy atom. The van der Waals surface area contributed by atoms with Crippen molar-refractivity contribution in [1.29, 1.82) is 0 Å². The number of hydrogen-bond donors (Lipinski definition) is 1. The molecule has 22 heavy (non-hydrogen) atoms. The summed E-state index contributed by atoms with van der Waals surface area (Å²) in [5.41, 5.74) is -0.114. The first kappa shape index (κ1) is 15.5. The largest absolute Gasteiger partial charge is 0.396 e. The van der Waals surface area contributed by atoms with Crippen LogP contribution < -0.4 is 0 Å². The van der Waals surface area contributed by atoms with Crippen LogP contribution in [0.15, 0.2) is 24.3 Å². The number of hydrogen-bond acceptors (Lipinski definition) is 2. The van der Waals surface area contributed by atoms with Gasteiger partial charge in [0.15, 0.2) is 0 Å². The molecule has 0 radical (unpaired) electrons. The molecule has 1 aliphatic heterocycles. The molecule has 2 fully saturated rings. The van der Waals surface area contributed by atoms with Crippen molar-refractivity contribution in [3.8, 4) is 0 Å². The molecule has 0 aromatic heterocycles. The van der Waals surface area contributed by atoms with Crippen molar-refractivity contribution in [3.05, 3.63) is 35.6 Å². The number of carbonyl (C=O) groups is 1. The molecule has 2 aliphatic rings. The van der Waals surface area contributed by atoms with Crippen molar-refractivity contribution in [2.75, 3.05) is 19.7 Å². The Hall–Kier alpha value is -1.42. The van der Waals surface area contributed by atoms with Gasteiger partial charge in [0.25, 0.3) is 0 Å². The molecule has 0 spiro atoms. The Labute approximate surface area is 131 Å². The quantitative estimate of drug-likeness (QED) is 0.929. The summed E-state index contributed by atoms with van der Waals surface area (Å²) in [6, 6.07) is 6.65. The van der Waals surface area contributed by atoms with Crippen LogP contribution in [-0.4, -0.2) is 35.6 Å². The fourth-order valence-electron chi connectivity index (χ4n) is 3.68. The van der Waals surface area contributed by atoms with Gasteiger partial charge in [-0.2, -0.15) is 0 Å². The zero-order valence-corrected chi connectivity index (χ0v) is 13.1. The number of halogens is 1. The molecule has 0 bridgehead atoms. The van der Waals surface area contributed by atoms with Gasteiger partial charge in [0.05, 0.1) is 5.41 Å². The molecule has 1 N–H and O–H groups in total. The summed E-state index contributed by atoms with van der Waals surface area (Å²) < 4.78 is 14.1. The molecular weight excluding hydrogens is 281 g/mol. The van der Waals surface area contributed by atoms with E-state index in [1.807, 2.05) is 4.90 Å². The molecular formula is C18H24FNO2. The number of likely N-dealkylation sites (tertiary alicyclic amines) is 1. The fraction of sp³-hybridized carbons (Fsp3) is 0.611. The van der Waals surface area contributed by atoms with E-state index in [-0.39, 0.29) is 23.7 Å². The number of carbonyl (C=O) groups excluding carboxylic acids is 1. The minimum Gasteiger partial charge on any atom is -0.396 e. The minimum absolute atomic E-state index is 0.0362. The van der Waals surface area contributed by atoms with Gasteiger partial charge in [0.2, 0.25) is 5.91 Å². The highest BCUT2D eigenvalue weighted by Crippen LogP contribution is 2.51. The number of aliphatic hydroxyl groups excluding tert-OH is 1. The van der Waals surface area contributed by atoms with Crippen LogP contribution in [0.4, 0.5) is 4.39 Å². The second kappa shape index (κ2) is 5.65. The molecule has 1 saturated carbocycles. The van der Waals surface area contributed by atoms with Gasteiger partial charge in [0, 0.05) is 25.3 Å². The van der Waals surface area contributed by atoms with Gasteiger partial charge in [-0.15, -0.1) is 0 Å². The zero-order chi connectivity index (χ0) is 15.8. The molecule has 1 aliphatic carbocycles. The summed E-state index contributed by atoms with van der Waals surface area (Å²) in [6.07, 6.45) is 4.08. The monoisotopic (exact) mass is 305 g/mol. The third-order valence-electron chi connectivity index (χ3n) is 5.75. The number of amides is 1. The number of nitrogens with zero attached hydrogens (tertiary/aromatic N) is 1. The maximum absolute atomic E-state index is 14.1. The highest BCUT2D eigenvalue weighted by Gasteiger charge is 2.54. The molecule has 3 nitrogen and oxygen atoms in total. The maximum Gasteiger partial charge on any atom is 0.233 e. The van der Waals surface area contributed by atoms with Gasteiger partial charge in [-0.25, -0.2) is 4.39 Å². The summed E-state index contributed by atoms with van der Waals surface area (Å²) in [7, 11) is 0. The Kier molecular flexibility index (Phi) is 3.98. The van der Waals surface area contributed by atoms with Crippen molar-refractivity contribution in [1.82, 2.24) is 4.90 Å². The van der Waals surface area contributed by atoms with Crippen LogP contribution >= 0.6 is 0 Å². The summed E-state index contributed by atoms with van der Waals surface area (Å²) in [5, 5.41) is 9.60. The minimum atomic E-state index is -0.628. The first-order chi connectivity index (χ1) is 10.6. The molecule has 1 aromatic carbocycles. The third-order valence-corrected chi connectivity index (χ3v) is 5.75. The van der Waals surface area contributed by atoms with E-state index in [1.54, 1.807) is 18.2 Å². The number of benzene rings is 1. The van der Waals surface area contributed by atoms with Crippen LogP contribution in [0.3, 0.4) is 0 Å². The second-order valence-electron chi connectivity index (χ2n) is 6.87. The second-order valence-corrected chi connectivity index (χ2v) is 6.87. The summed E-state index contributed by atoms with van der Waals surface area (Å²) in [5.74, 6) is -0.205. The standard InChI is InChI=1S/C18H24FNO2/c1-2-17(13-21)9-11-20(12-10-17)16(22)18(7-8-18)14-5-3-4-6-15(14)19/h3-6,21H,2,7-13H2,1H3. The summed E-state index contributed by atoms with van der Waals surface area (Å²) in [4.78, 5) is 14.8. The predicted octanol–water partition coefficient (Wildman–Crippen LogP) is 2.87. The van der Waals surface area contributed by atoms with Gasteiger partial charge in [-0.1, -0.05) is 25.1 Å². The van der Waals surface area contributed by atoms with Crippen LogP contribution in [-0.2, 0) is 10.2 Å². The maximum atomic E-state index is 14.1. The van der Waals surface area contributed by atoms with Gasteiger partial charge in [-0.05, 0) is 43.6 Å². The SMILES string of the molecule is CCC1(CO)CCN(C(=O)C2(c3ccccc3F)CC2)CC1. The molecule has 0 atom stereocenters. The highest BCUT2D eigenvalue weighted by molar-refractivity contribution is 5.91. The zero-order valence-electron chi connectivity index (χ0n) is 13.1. The molecule has 1 saturated heterocycles. The molecule has 3 rings (SSSR count). The Balaban J connectivity index is 1.75. The smallest absolute Gasteiger partial charge is 0.233 e. The van der Waals surface area contributed by atoms with E-state index in [4.69, 9.17) is 0 Å². The fourth-order valence-corrected chi connectivity index (χ4v) is 3.68. The van der Waals surface area contributed by atoms with Crippen molar-refractivity contribution in [2.24, 2.45) is 5.41 Å². The van der Waals surface area contributed by atoms with Crippen LogP contribution in [0.5, 0.6) is 0 Å². The molecule has 4 heteroatoms. The molecule has 0 unspecified atom stereocenters. The lowest BCUT2D eigenvalue weighted by Crippen LogP contribution is -2.48. The van der Waals surface area contributed by atoms with Gasteiger partial charge in [0.1, 0.15) is 5.82 Å². The summed E-state index contributed by atoms with van der Waals surface area (Å²) >= 11 is 0. The Bertz CT molecular complexity index is 554. The average molecular weight is 305 g/mol. The number of piperidine rings is 1. The number of aliphatic hydroxyl groups is 1. The third kappa shape index (κ3) is 2.43. The summed E-state index contributed by atoms with van der Waals surface area (Å²) in [6.45, 7) is 3.62. The van der Waals surface area contributed by atoms with Crippen molar-refractivity contribution in [3.63, 3.8) is 0 Å². The van der Waals surface area contributed by atoms with Gasteiger partial charge >= 0.3 is 0 Å². The lowest BCUT2D eigenvalue weighted by atomic mass is 9.76. The molecule has 120 valence electrons. The Morgan fingerprint density at radius 2 is 1.86 bits per heavy atom. The van der Waals surface area contributed by atoms with E-state index in [0.717, 1.165) is 32.1 Å². The highest BCUT2D eigenvalue weighted by atomic mass is 19.1. The van der Waals surface area contributed by atoms with E-state index >= 15 is 0 Å². The van der Waals surface area contributed by atoms with Gasteiger partial charge in [-0.3, -0.25) is 4.79 Å². The van der Waals surface area contributed by atoms with E-state index in [1.165, 1.54) is 6.07 Å². The van der Waals surface area contributed by atoms with Crippen molar-refractivity contribution >= 4 is 5.91 Å². The van der Waals surface area contributed by atoms with Crippen LogP contribution in [0.2, 0.25) is 0 Å². The number of rotatable bonds is 4. The topological polar surface area (TPSA) is 40.5 Å². The van der Waals surface area contributed by atoms with Crippen molar-refractivity contribution in [2.45, 2.75) is 44.4 Å². The molecule has 1 amide bonds. The molecule has 1 heterocycles. The predicted molar refractivity (Wildman–Crippen MR) is 82.9 cm³/mol. The Morgan fingerprint density at radius 1 is 1.23 bits per heavy atom. The average Bonchev–Trinajstić information content (AvgIpc) is 3.36. The van der Waals surface area contributed by atoms with Crippen LogP contribution in [0.1, 0.15) is 44.6 Å². The lowest BCUT2D eigenvalue weighted by Gasteiger charge is -2.41. The van der Waals surface area contributed by atoms with E-state index in [9.17, 15) is 14.3 Å². The first-order valence-corrected chi connectivity index (χ1v) is 8.22. The lowest BCUT2D eigenvalue weighted by molar-refractivity contribution is -0.137. The van der Waals surface area contributed by atoms with E-state index in [2.05, 4.69) is 6.92 Å². The van der Waals surface area contributed by atoms with Crippen LogP contribution in [0, 0.1) is 11.2 Å². The first-order valence-electron chi connectivity index (χ1n) is 8.22. The van der Waals surface area contributed by atoms with Crippen LogP contribution in [0.25, 0.3) is 0 Å². The van der Waals surface area contributed by atoms with Crippen molar-refractivity contribution < 1.29 is 14.3 Å². The van der Waals surface area contributed by atoms with Gasteiger partial charge < -0.3 is 10.0 Å².